The van der Waals surface area contributed by atoms with Gasteiger partial charge in [-0.1, -0.05) is 15.9 Å². The van der Waals surface area contributed by atoms with Crippen molar-refractivity contribution in [2.75, 3.05) is 0 Å². The number of aromatic nitrogens is 2. The van der Waals surface area contributed by atoms with Crippen LogP contribution in [0.4, 0.5) is 0 Å². The molecule has 1 aliphatic rings. The van der Waals surface area contributed by atoms with E-state index in [2.05, 4.69) is 43.7 Å². The minimum atomic E-state index is 1.11. The van der Waals surface area contributed by atoms with E-state index in [0.29, 0.717) is 0 Å². The number of benzene rings is 1. The molecule has 2 aromatic rings. The summed E-state index contributed by atoms with van der Waals surface area (Å²) in [6, 6.07) is 6.34. The van der Waals surface area contributed by atoms with E-state index in [1.807, 2.05) is 0 Å². The first-order chi connectivity index (χ1) is 6.84. The summed E-state index contributed by atoms with van der Waals surface area (Å²) < 4.78 is 3.46. The van der Waals surface area contributed by atoms with Crippen molar-refractivity contribution in [2.45, 2.75) is 25.8 Å². The molecule has 0 bridgehead atoms. The van der Waals surface area contributed by atoms with Crippen molar-refractivity contribution in [3.8, 4) is 0 Å². The molecule has 2 nitrogen and oxygen atoms in total. The summed E-state index contributed by atoms with van der Waals surface area (Å²) in [5, 5.41) is 0. The first-order valence-electron chi connectivity index (χ1n) is 4.99. The van der Waals surface area contributed by atoms with Crippen LogP contribution in [0.5, 0.6) is 0 Å². The Hall–Kier alpha value is -0.830. The number of nitrogens with zero attached hydrogens (tertiary/aromatic N) is 2. The smallest absolute Gasteiger partial charge is 0.109 e. The molecule has 1 aromatic heterocycles. The number of rotatable bonds is 0. The van der Waals surface area contributed by atoms with E-state index in [1.165, 1.54) is 24.2 Å². The van der Waals surface area contributed by atoms with E-state index >= 15 is 0 Å². The van der Waals surface area contributed by atoms with E-state index in [4.69, 9.17) is 0 Å². The summed E-state index contributed by atoms with van der Waals surface area (Å²) in [4.78, 5) is 4.65. The Morgan fingerprint density at radius 3 is 3.14 bits per heavy atom. The molecule has 0 N–H and O–H groups in total. The number of fused-ring (bicyclic) bond motifs is 3. The highest BCUT2D eigenvalue weighted by Crippen LogP contribution is 2.24. The second kappa shape index (κ2) is 3.09. The summed E-state index contributed by atoms with van der Waals surface area (Å²) in [6.07, 6.45) is 3.70. The van der Waals surface area contributed by atoms with Gasteiger partial charge >= 0.3 is 0 Å². The summed E-state index contributed by atoms with van der Waals surface area (Å²) in [5.74, 6) is 1.25. The quantitative estimate of drug-likeness (QED) is 0.703. The Bertz CT molecular complexity index is 487. The van der Waals surface area contributed by atoms with Crippen LogP contribution in [0.1, 0.15) is 18.7 Å². The molecule has 72 valence electrons. The molecule has 3 heteroatoms. The zero-order valence-electron chi connectivity index (χ0n) is 7.83. The number of aryl methyl sites for hydroxylation is 2. The third-order valence-electron chi connectivity index (χ3n) is 2.82. The second-order valence-electron chi connectivity index (χ2n) is 3.77. The van der Waals surface area contributed by atoms with Gasteiger partial charge in [-0.15, -0.1) is 0 Å². The number of hydrogen-bond donors (Lipinski definition) is 0. The standard InChI is InChI=1S/C11H11BrN2/c12-8-4-5-10-9(7-8)13-11-3-1-2-6-14(10)11/h4-5,7H,1-3,6H2. The number of hydrogen-bond acceptors (Lipinski definition) is 1. The van der Waals surface area contributed by atoms with Crippen LogP contribution in [0.3, 0.4) is 0 Å². The third-order valence-corrected chi connectivity index (χ3v) is 3.31. The molecular formula is C11H11BrN2. The monoisotopic (exact) mass is 250 g/mol. The summed E-state index contributed by atoms with van der Waals surface area (Å²) in [6.45, 7) is 1.13. The molecule has 0 atom stereocenters. The molecule has 0 amide bonds. The largest absolute Gasteiger partial charge is 0.328 e. The van der Waals surface area contributed by atoms with E-state index in [0.717, 1.165) is 23.0 Å². The van der Waals surface area contributed by atoms with Gasteiger partial charge < -0.3 is 4.57 Å². The van der Waals surface area contributed by atoms with Crippen molar-refractivity contribution >= 4 is 27.0 Å². The van der Waals surface area contributed by atoms with Crippen LogP contribution in [0, 0.1) is 0 Å². The Morgan fingerprint density at radius 1 is 1.29 bits per heavy atom. The van der Waals surface area contributed by atoms with Gasteiger partial charge in [-0.05, 0) is 31.0 Å². The van der Waals surface area contributed by atoms with Gasteiger partial charge in [0, 0.05) is 17.4 Å². The predicted molar refractivity (Wildman–Crippen MR) is 60.4 cm³/mol. The summed E-state index contributed by atoms with van der Waals surface area (Å²) in [7, 11) is 0. The minimum Gasteiger partial charge on any atom is -0.328 e. The van der Waals surface area contributed by atoms with Crippen molar-refractivity contribution in [3.05, 3.63) is 28.5 Å². The highest BCUT2D eigenvalue weighted by molar-refractivity contribution is 9.10. The van der Waals surface area contributed by atoms with Gasteiger partial charge in [0.2, 0.25) is 0 Å². The molecule has 0 fully saturated rings. The normalized spacial score (nSPS) is 15.8. The maximum atomic E-state index is 4.65. The zero-order valence-corrected chi connectivity index (χ0v) is 9.42. The van der Waals surface area contributed by atoms with Crippen molar-refractivity contribution in [2.24, 2.45) is 0 Å². The summed E-state index contributed by atoms with van der Waals surface area (Å²) in [5.41, 5.74) is 2.40. The first-order valence-corrected chi connectivity index (χ1v) is 5.78. The third kappa shape index (κ3) is 1.19. The minimum absolute atomic E-state index is 1.11. The van der Waals surface area contributed by atoms with Gasteiger partial charge in [-0.3, -0.25) is 0 Å². The maximum Gasteiger partial charge on any atom is 0.109 e. The van der Waals surface area contributed by atoms with Gasteiger partial charge in [0.25, 0.3) is 0 Å². The van der Waals surface area contributed by atoms with Crippen molar-refractivity contribution in [3.63, 3.8) is 0 Å². The van der Waals surface area contributed by atoms with Gasteiger partial charge in [-0.2, -0.15) is 0 Å². The van der Waals surface area contributed by atoms with Crippen LogP contribution in [0.2, 0.25) is 0 Å². The molecule has 0 spiro atoms. The highest BCUT2D eigenvalue weighted by Gasteiger charge is 2.13. The number of imidazole rings is 1. The SMILES string of the molecule is Brc1ccc2c(c1)nc1n2CCCC1. The Labute approximate surface area is 91.1 Å². The van der Waals surface area contributed by atoms with Gasteiger partial charge in [0.1, 0.15) is 5.82 Å². The maximum absolute atomic E-state index is 4.65. The van der Waals surface area contributed by atoms with Crippen LogP contribution in [0.25, 0.3) is 11.0 Å². The van der Waals surface area contributed by atoms with Crippen LogP contribution in [0.15, 0.2) is 22.7 Å². The fraction of sp³-hybridized carbons (Fsp3) is 0.364. The van der Waals surface area contributed by atoms with Gasteiger partial charge in [0.15, 0.2) is 0 Å². The molecule has 14 heavy (non-hydrogen) atoms. The zero-order chi connectivity index (χ0) is 9.54. The summed E-state index contributed by atoms with van der Waals surface area (Å²) >= 11 is 3.48. The first kappa shape index (κ1) is 8.48. The lowest BCUT2D eigenvalue weighted by molar-refractivity contribution is 0.533. The lowest BCUT2D eigenvalue weighted by atomic mass is 10.2. The fourth-order valence-corrected chi connectivity index (χ4v) is 2.50. The lowest BCUT2D eigenvalue weighted by Gasteiger charge is -2.13. The molecule has 0 radical (unpaired) electrons. The van der Waals surface area contributed by atoms with E-state index in [1.54, 1.807) is 0 Å². The van der Waals surface area contributed by atoms with E-state index in [-0.39, 0.29) is 0 Å². The molecular weight excluding hydrogens is 240 g/mol. The molecule has 0 saturated carbocycles. The average Bonchev–Trinajstić information content (AvgIpc) is 2.54. The van der Waals surface area contributed by atoms with Gasteiger partial charge in [-0.25, -0.2) is 4.98 Å². The van der Waals surface area contributed by atoms with Crippen molar-refractivity contribution < 1.29 is 0 Å². The van der Waals surface area contributed by atoms with Crippen molar-refractivity contribution in [1.82, 2.24) is 9.55 Å². The Balaban J connectivity index is 2.31. The molecule has 3 rings (SSSR count). The van der Waals surface area contributed by atoms with Crippen molar-refractivity contribution in [1.29, 1.82) is 0 Å². The average molecular weight is 251 g/mol. The molecule has 0 saturated heterocycles. The van der Waals surface area contributed by atoms with Crippen LogP contribution < -0.4 is 0 Å². The Morgan fingerprint density at radius 2 is 2.21 bits per heavy atom. The molecule has 0 unspecified atom stereocenters. The predicted octanol–water partition coefficient (Wildman–Crippen LogP) is 3.14. The molecule has 0 aliphatic carbocycles. The second-order valence-corrected chi connectivity index (χ2v) is 4.69. The lowest BCUT2D eigenvalue weighted by Crippen LogP contribution is -2.09. The van der Waals surface area contributed by atoms with Gasteiger partial charge in [0.05, 0.1) is 11.0 Å². The molecule has 2 heterocycles. The van der Waals surface area contributed by atoms with Crippen LogP contribution in [-0.2, 0) is 13.0 Å². The number of halogens is 1. The van der Waals surface area contributed by atoms with E-state index < -0.39 is 0 Å². The fourth-order valence-electron chi connectivity index (χ4n) is 2.15. The van der Waals surface area contributed by atoms with Crippen LogP contribution >= 0.6 is 15.9 Å². The van der Waals surface area contributed by atoms with Crippen LogP contribution in [-0.4, -0.2) is 9.55 Å². The molecule has 1 aliphatic heterocycles. The molecule has 1 aromatic carbocycles. The van der Waals surface area contributed by atoms with E-state index in [9.17, 15) is 0 Å². The highest BCUT2D eigenvalue weighted by atomic mass is 79.9. The topological polar surface area (TPSA) is 17.8 Å². The Kier molecular flexibility index (Phi) is 1.87.